The summed E-state index contributed by atoms with van der Waals surface area (Å²) >= 11 is 5.93. The summed E-state index contributed by atoms with van der Waals surface area (Å²) in [6.07, 6.45) is -1.44. The zero-order valence-electron chi connectivity index (χ0n) is 21.2. The molecule has 4 aromatic rings. The van der Waals surface area contributed by atoms with Gasteiger partial charge in [-0.05, 0) is 40.4 Å². The normalized spacial score (nSPS) is 17.2. The molecule has 1 saturated heterocycles. The average molecular weight is 546 g/mol. The number of hydrogen-bond acceptors (Lipinski definition) is 9. The second-order valence-electron chi connectivity index (χ2n) is 9.02. The van der Waals surface area contributed by atoms with Crippen molar-refractivity contribution < 1.29 is 19.0 Å². The maximum Gasteiger partial charge on any atom is 0.226 e. The van der Waals surface area contributed by atoms with Gasteiger partial charge in [0.2, 0.25) is 5.28 Å². The van der Waals surface area contributed by atoms with Gasteiger partial charge in [-0.2, -0.15) is 9.97 Å². The Labute approximate surface area is 231 Å². The Morgan fingerprint density at radius 3 is 2.13 bits per heavy atom. The van der Waals surface area contributed by atoms with E-state index >= 15 is 0 Å². The van der Waals surface area contributed by atoms with Gasteiger partial charge in [0, 0.05) is 0 Å². The molecule has 1 aromatic heterocycles. The van der Waals surface area contributed by atoms with Crippen LogP contribution in [0.5, 0.6) is 5.75 Å². The number of aromatic nitrogens is 2. The topological polar surface area (TPSA) is 135 Å². The van der Waals surface area contributed by atoms with Crippen molar-refractivity contribution in [2.75, 3.05) is 30.5 Å². The number of ether oxygens (including phenoxy) is 3. The van der Waals surface area contributed by atoms with Crippen molar-refractivity contribution >= 4 is 34.7 Å². The number of benzene rings is 3. The fourth-order valence-electron chi connectivity index (χ4n) is 4.70. The molecule has 10 heteroatoms. The summed E-state index contributed by atoms with van der Waals surface area (Å²) in [5.74, 6) is 0.843. The highest BCUT2D eigenvalue weighted by atomic mass is 35.5. The Balaban J connectivity index is 1.46. The molecule has 1 aliphatic heterocycles. The van der Waals surface area contributed by atoms with Crippen LogP contribution in [0.3, 0.4) is 0 Å². The molecular weight excluding hydrogens is 518 g/mol. The summed E-state index contributed by atoms with van der Waals surface area (Å²) in [7, 11) is 1.62. The van der Waals surface area contributed by atoms with Crippen LogP contribution in [0.15, 0.2) is 84.9 Å². The molecule has 39 heavy (non-hydrogen) atoms. The van der Waals surface area contributed by atoms with E-state index in [1.54, 1.807) is 7.11 Å². The molecule has 9 nitrogen and oxygen atoms in total. The number of nitrogens with zero attached hydrogens (tertiary/aromatic N) is 2. The number of nitrogens with two attached hydrogens (primary N) is 2. The first-order valence-electron chi connectivity index (χ1n) is 12.3. The lowest BCUT2D eigenvalue weighted by molar-refractivity contribution is -0.128. The number of ketones is 1. The number of anilines is 3. The lowest BCUT2D eigenvalue weighted by Gasteiger charge is -2.36. The van der Waals surface area contributed by atoms with Crippen LogP contribution in [0.1, 0.15) is 23.1 Å². The van der Waals surface area contributed by atoms with Crippen LogP contribution in [0.25, 0.3) is 0 Å². The number of halogens is 1. The molecule has 3 aromatic carbocycles. The van der Waals surface area contributed by atoms with Crippen LogP contribution in [0.2, 0.25) is 5.28 Å². The number of carbonyl (C=O) groups excluding carboxylic acids is 1. The number of rotatable bonds is 9. The Bertz CT molecular complexity index is 1400. The van der Waals surface area contributed by atoms with Crippen molar-refractivity contribution in [3.8, 4) is 5.75 Å². The molecule has 2 heterocycles. The van der Waals surface area contributed by atoms with Gasteiger partial charge in [-0.25, -0.2) is 0 Å². The average Bonchev–Trinajstić information content (AvgIpc) is 3.31. The van der Waals surface area contributed by atoms with Crippen LogP contribution in [-0.4, -0.2) is 41.8 Å². The summed E-state index contributed by atoms with van der Waals surface area (Å²) in [5, 5.41) is 2.94. The number of nitrogens with one attached hydrogen (secondary N) is 1. The third-order valence-corrected chi connectivity index (χ3v) is 6.80. The molecule has 0 radical (unpaired) electrons. The van der Waals surface area contributed by atoms with Gasteiger partial charge in [0.15, 0.2) is 17.4 Å². The van der Waals surface area contributed by atoms with Gasteiger partial charge in [0.25, 0.3) is 0 Å². The number of hydrogen-bond donors (Lipinski definition) is 3. The molecule has 0 spiro atoms. The van der Waals surface area contributed by atoms with E-state index in [1.807, 2.05) is 84.9 Å². The highest BCUT2D eigenvalue weighted by Gasteiger charge is 2.41. The van der Waals surface area contributed by atoms with Crippen LogP contribution >= 0.6 is 11.6 Å². The van der Waals surface area contributed by atoms with E-state index in [2.05, 4.69) is 15.3 Å². The SMILES string of the molecule is COc1ccc(C(OCC2OC(Nc3nc(Cl)nc(N)c3N)CC2=O)(c2ccccc2)c2ccccc2)cc1. The molecule has 200 valence electrons. The van der Waals surface area contributed by atoms with Crippen molar-refractivity contribution in [2.45, 2.75) is 24.4 Å². The van der Waals surface area contributed by atoms with Crippen LogP contribution < -0.4 is 21.5 Å². The maximum absolute atomic E-state index is 13.0. The van der Waals surface area contributed by atoms with Gasteiger partial charge in [-0.1, -0.05) is 72.8 Å². The molecule has 0 bridgehead atoms. The van der Waals surface area contributed by atoms with Gasteiger partial charge in [0.1, 0.15) is 29.4 Å². The van der Waals surface area contributed by atoms with Gasteiger partial charge < -0.3 is 31.0 Å². The smallest absolute Gasteiger partial charge is 0.226 e. The van der Waals surface area contributed by atoms with E-state index in [9.17, 15) is 4.79 Å². The molecule has 5 rings (SSSR count). The van der Waals surface area contributed by atoms with Gasteiger partial charge in [0.05, 0.1) is 20.1 Å². The number of nitrogen functional groups attached to an aromatic ring is 2. The Hall–Kier alpha value is -4.18. The summed E-state index contributed by atoms with van der Waals surface area (Å²) < 4.78 is 18.2. The van der Waals surface area contributed by atoms with E-state index in [-0.39, 0.29) is 41.4 Å². The fraction of sp³-hybridized carbons (Fsp3) is 0.207. The number of carbonyl (C=O) groups is 1. The molecule has 2 unspecified atom stereocenters. The minimum Gasteiger partial charge on any atom is -0.497 e. The molecular formula is C29H28ClN5O4. The first-order chi connectivity index (χ1) is 18.9. The zero-order valence-corrected chi connectivity index (χ0v) is 22.0. The highest BCUT2D eigenvalue weighted by molar-refractivity contribution is 6.28. The largest absolute Gasteiger partial charge is 0.497 e. The van der Waals surface area contributed by atoms with Crippen molar-refractivity contribution in [3.05, 3.63) is 107 Å². The van der Waals surface area contributed by atoms with E-state index < -0.39 is 17.9 Å². The Morgan fingerprint density at radius 2 is 1.54 bits per heavy atom. The van der Waals surface area contributed by atoms with Crippen molar-refractivity contribution in [2.24, 2.45) is 0 Å². The Kier molecular flexibility index (Phi) is 7.65. The second-order valence-corrected chi connectivity index (χ2v) is 9.36. The highest BCUT2D eigenvalue weighted by Crippen LogP contribution is 2.41. The third kappa shape index (κ3) is 5.37. The van der Waals surface area contributed by atoms with Gasteiger partial charge in [-0.3, -0.25) is 4.79 Å². The predicted octanol–water partition coefficient (Wildman–Crippen LogP) is 4.41. The van der Waals surface area contributed by atoms with E-state index in [1.165, 1.54) is 0 Å². The summed E-state index contributed by atoms with van der Waals surface area (Å²) in [6, 6.07) is 27.5. The summed E-state index contributed by atoms with van der Waals surface area (Å²) in [6.45, 7) is -0.00498. The third-order valence-electron chi connectivity index (χ3n) is 6.63. The van der Waals surface area contributed by atoms with Crippen molar-refractivity contribution in [1.82, 2.24) is 9.97 Å². The zero-order chi connectivity index (χ0) is 27.4. The molecule has 0 saturated carbocycles. The van der Waals surface area contributed by atoms with Crippen LogP contribution in [-0.2, 0) is 19.9 Å². The summed E-state index contributed by atoms with van der Waals surface area (Å²) in [5.41, 5.74) is 13.6. The molecule has 1 aliphatic rings. The van der Waals surface area contributed by atoms with Gasteiger partial charge in [-0.15, -0.1) is 0 Å². The monoisotopic (exact) mass is 545 g/mol. The lowest BCUT2D eigenvalue weighted by atomic mass is 9.80. The standard InChI is InChI=1S/C29H28ClN5O4/c1-37-21-14-12-20(13-15-21)29(18-8-4-2-5-9-18,19-10-6-3-7-11-19)38-17-23-22(36)16-24(39-23)33-27-25(31)26(32)34-28(30)35-27/h2-15,23-24H,16-17,31H2,1H3,(H3,32,33,34,35). The Morgan fingerprint density at radius 1 is 0.949 bits per heavy atom. The molecule has 0 aliphatic carbocycles. The lowest BCUT2D eigenvalue weighted by Crippen LogP contribution is -2.37. The quantitative estimate of drug-likeness (QED) is 0.206. The number of methoxy groups -OCH3 is 1. The molecule has 0 amide bonds. The van der Waals surface area contributed by atoms with Crippen LogP contribution in [0.4, 0.5) is 17.3 Å². The van der Waals surface area contributed by atoms with Crippen molar-refractivity contribution in [3.63, 3.8) is 0 Å². The maximum atomic E-state index is 13.0. The first kappa shape index (κ1) is 26.4. The minimum atomic E-state index is -1.02. The summed E-state index contributed by atoms with van der Waals surface area (Å²) in [4.78, 5) is 20.9. The van der Waals surface area contributed by atoms with Crippen LogP contribution in [0, 0.1) is 0 Å². The number of Topliss-reactive ketones (excluding diaryl/α,β-unsaturated/α-hetero) is 1. The van der Waals surface area contributed by atoms with E-state index in [0.29, 0.717) is 0 Å². The molecule has 2 atom stereocenters. The first-order valence-corrected chi connectivity index (χ1v) is 12.7. The molecule has 1 fully saturated rings. The minimum absolute atomic E-state index is 0.00498. The van der Waals surface area contributed by atoms with E-state index in [0.717, 1.165) is 22.4 Å². The fourth-order valence-corrected chi connectivity index (χ4v) is 4.87. The van der Waals surface area contributed by atoms with E-state index in [4.69, 9.17) is 37.3 Å². The predicted molar refractivity (Wildman–Crippen MR) is 149 cm³/mol. The second kappa shape index (κ2) is 11.3. The van der Waals surface area contributed by atoms with Gasteiger partial charge >= 0.3 is 0 Å². The molecule has 5 N–H and O–H groups in total. The van der Waals surface area contributed by atoms with Crippen molar-refractivity contribution in [1.29, 1.82) is 0 Å².